The lowest BCUT2D eigenvalue weighted by Crippen LogP contribution is -2.23. The number of carboxylic acid groups (broad SMARTS) is 1. The molecule has 0 atom stereocenters. The van der Waals surface area contributed by atoms with Gasteiger partial charge in [0.1, 0.15) is 11.6 Å². The summed E-state index contributed by atoms with van der Waals surface area (Å²) in [6.07, 6.45) is -5.23. The Bertz CT molecular complexity index is 618. The minimum atomic E-state index is -5.23. The molecule has 0 amide bonds. The van der Waals surface area contributed by atoms with E-state index in [4.69, 9.17) is 10.4 Å². The van der Waals surface area contributed by atoms with Crippen molar-refractivity contribution in [2.45, 2.75) is 11.2 Å². The van der Waals surface area contributed by atoms with Crippen LogP contribution in [0.4, 0.5) is 17.6 Å². The van der Waals surface area contributed by atoms with E-state index in [2.05, 4.69) is 0 Å². The first-order chi connectivity index (χ1) is 8.68. The van der Waals surface area contributed by atoms with E-state index in [1.807, 2.05) is 0 Å². The Morgan fingerprint density at radius 3 is 2.47 bits per heavy atom. The molecular formula is C9H4F4N2O3S. The van der Waals surface area contributed by atoms with E-state index in [0.29, 0.717) is 0 Å². The molecule has 0 saturated carbocycles. The summed E-state index contributed by atoms with van der Waals surface area (Å²) in [6.45, 7) is 0. The molecule has 0 bridgehead atoms. The van der Waals surface area contributed by atoms with Crippen molar-refractivity contribution in [2.75, 3.05) is 5.75 Å². The zero-order valence-corrected chi connectivity index (χ0v) is 9.65. The smallest absolute Gasteiger partial charge is 0.420 e. The summed E-state index contributed by atoms with van der Waals surface area (Å²) < 4.78 is 50.9. The van der Waals surface area contributed by atoms with Crippen molar-refractivity contribution in [3.8, 4) is 6.07 Å². The molecule has 1 rings (SSSR count). The minimum Gasteiger partial charge on any atom is -0.481 e. The first kappa shape index (κ1) is 15.0. The van der Waals surface area contributed by atoms with Crippen LogP contribution in [0.3, 0.4) is 0 Å². The number of hydrogen-bond acceptors (Lipinski definition) is 4. The zero-order valence-electron chi connectivity index (χ0n) is 8.84. The van der Waals surface area contributed by atoms with Crippen LogP contribution in [0.1, 0.15) is 11.1 Å². The number of hydrogen-bond donors (Lipinski definition) is 2. The first-order valence-corrected chi connectivity index (χ1v) is 5.44. The van der Waals surface area contributed by atoms with E-state index >= 15 is 0 Å². The Labute approximate surface area is 106 Å². The number of aromatic nitrogens is 1. The van der Waals surface area contributed by atoms with Gasteiger partial charge in [0.2, 0.25) is 5.82 Å². The second-order valence-corrected chi connectivity index (χ2v) is 4.12. The van der Waals surface area contributed by atoms with Gasteiger partial charge in [-0.25, -0.2) is 4.39 Å². The van der Waals surface area contributed by atoms with Gasteiger partial charge in [0.15, 0.2) is 0 Å². The van der Waals surface area contributed by atoms with E-state index in [0.717, 1.165) is 6.07 Å². The molecule has 1 heterocycles. The number of aliphatic carboxylic acids is 1. The first-order valence-electron chi connectivity index (χ1n) is 4.46. The van der Waals surface area contributed by atoms with Gasteiger partial charge in [0.25, 0.3) is 5.56 Å². The van der Waals surface area contributed by atoms with Crippen molar-refractivity contribution < 1.29 is 27.5 Å². The third kappa shape index (κ3) is 3.25. The average Bonchev–Trinajstić information content (AvgIpc) is 2.27. The van der Waals surface area contributed by atoms with Crippen molar-refractivity contribution in [1.29, 1.82) is 5.26 Å². The van der Waals surface area contributed by atoms with Gasteiger partial charge in [-0.3, -0.25) is 9.59 Å². The SMILES string of the molecule is N#Cc1c(SCC(=O)O)[nH]c(=O)c(F)c1C(F)(F)F. The van der Waals surface area contributed by atoms with E-state index in [-0.39, 0.29) is 11.8 Å². The fraction of sp³-hybridized carbons (Fsp3) is 0.222. The van der Waals surface area contributed by atoms with E-state index in [1.54, 1.807) is 4.98 Å². The molecule has 1 aromatic heterocycles. The van der Waals surface area contributed by atoms with Gasteiger partial charge in [-0.1, -0.05) is 11.8 Å². The summed E-state index contributed by atoms with van der Waals surface area (Å²) in [7, 11) is 0. The summed E-state index contributed by atoms with van der Waals surface area (Å²) in [6, 6.07) is 1.12. The Balaban J connectivity index is 3.51. The average molecular weight is 296 g/mol. The molecule has 0 spiro atoms. The minimum absolute atomic E-state index is 0.289. The van der Waals surface area contributed by atoms with Crippen LogP contribution in [0.15, 0.2) is 9.82 Å². The summed E-state index contributed by atoms with van der Waals surface area (Å²) in [5.41, 5.74) is -4.80. The van der Waals surface area contributed by atoms with Gasteiger partial charge >= 0.3 is 12.1 Å². The number of rotatable bonds is 3. The fourth-order valence-electron chi connectivity index (χ4n) is 1.17. The molecule has 0 aromatic carbocycles. The molecule has 0 aliphatic heterocycles. The van der Waals surface area contributed by atoms with Crippen LogP contribution in [0, 0.1) is 17.1 Å². The predicted molar refractivity (Wildman–Crippen MR) is 55.1 cm³/mol. The van der Waals surface area contributed by atoms with Gasteiger partial charge in [-0.15, -0.1) is 0 Å². The second kappa shape index (κ2) is 5.31. The highest BCUT2D eigenvalue weighted by atomic mass is 32.2. The summed E-state index contributed by atoms with van der Waals surface area (Å²) in [5, 5.41) is 16.4. The van der Waals surface area contributed by atoms with Gasteiger partial charge < -0.3 is 10.1 Å². The van der Waals surface area contributed by atoms with Crippen molar-refractivity contribution in [3.63, 3.8) is 0 Å². The zero-order chi connectivity index (χ0) is 14.8. The fourth-order valence-corrected chi connectivity index (χ4v) is 1.90. The number of thioether (sulfide) groups is 1. The van der Waals surface area contributed by atoms with Crippen molar-refractivity contribution in [1.82, 2.24) is 4.98 Å². The molecule has 5 nitrogen and oxygen atoms in total. The van der Waals surface area contributed by atoms with Crippen LogP contribution in [0.2, 0.25) is 0 Å². The number of nitrogens with one attached hydrogen (secondary N) is 1. The van der Waals surface area contributed by atoms with Crippen LogP contribution >= 0.6 is 11.8 Å². The standard InChI is InChI=1S/C9H4F4N2O3S/c10-6-5(9(11,12)13)3(1-14)8(15-7(6)18)19-2-4(16)17/h2H2,(H,15,18)(H,16,17). The van der Waals surface area contributed by atoms with Crippen LogP contribution in [0.5, 0.6) is 0 Å². The highest BCUT2D eigenvalue weighted by Gasteiger charge is 2.40. The van der Waals surface area contributed by atoms with Crippen molar-refractivity contribution >= 4 is 17.7 Å². The van der Waals surface area contributed by atoms with Crippen molar-refractivity contribution in [2.24, 2.45) is 0 Å². The van der Waals surface area contributed by atoms with E-state index in [9.17, 15) is 27.2 Å². The monoisotopic (exact) mass is 296 g/mol. The van der Waals surface area contributed by atoms with E-state index in [1.165, 1.54) is 0 Å². The lowest BCUT2D eigenvalue weighted by molar-refractivity contribution is -0.140. The molecule has 1 aromatic rings. The third-order valence-electron chi connectivity index (χ3n) is 1.86. The Hall–Kier alpha value is -2.02. The lowest BCUT2D eigenvalue weighted by atomic mass is 10.1. The molecular weight excluding hydrogens is 292 g/mol. The molecule has 0 aliphatic rings. The van der Waals surface area contributed by atoms with Gasteiger partial charge in [-0.2, -0.15) is 18.4 Å². The number of carboxylic acids is 1. The van der Waals surface area contributed by atoms with Crippen molar-refractivity contribution in [3.05, 3.63) is 27.3 Å². The van der Waals surface area contributed by atoms with Crippen LogP contribution in [0.25, 0.3) is 0 Å². The maximum Gasteiger partial charge on any atom is 0.420 e. The number of nitriles is 1. The number of pyridine rings is 1. The Kier molecular flexibility index (Phi) is 4.21. The second-order valence-electron chi connectivity index (χ2n) is 3.14. The molecule has 0 fully saturated rings. The third-order valence-corrected chi connectivity index (χ3v) is 2.84. The lowest BCUT2D eigenvalue weighted by Gasteiger charge is -2.11. The molecule has 0 saturated heterocycles. The van der Waals surface area contributed by atoms with Gasteiger partial charge in [0.05, 0.1) is 16.3 Å². The molecule has 10 heteroatoms. The summed E-state index contributed by atoms with van der Waals surface area (Å²) >= 11 is 0.289. The Morgan fingerprint density at radius 2 is 2.05 bits per heavy atom. The Morgan fingerprint density at radius 1 is 1.47 bits per heavy atom. The number of halogens is 4. The number of H-pyrrole nitrogens is 1. The van der Waals surface area contributed by atoms with E-state index < -0.39 is 45.4 Å². The topological polar surface area (TPSA) is 93.9 Å². The number of carbonyl (C=O) groups is 1. The van der Waals surface area contributed by atoms with Crippen LogP contribution in [-0.4, -0.2) is 21.8 Å². The molecule has 0 aliphatic carbocycles. The van der Waals surface area contributed by atoms with Gasteiger partial charge in [0, 0.05) is 0 Å². The normalized spacial score (nSPS) is 11.1. The summed E-state index contributed by atoms with van der Waals surface area (Å²) in [4.78, 5) is 23.0. The number of aromatic amines is 1. The maximum atomic E-state index is 13.2. The van der Waals surface area contributed by atoms with Crippen LogP contribution < -0.4 is 5.56 Å². The summed E-state index contributed by atoms with van der Waals surface area (Å²) in [5.74, 6) is -4.18. The van der Waals surface area contributed by atoms with Crippen LogP contribution in [-0.2, 0) is 11.0 Å². The molecule has 102 valence electrons. The molecule has 2 N–H and O–H groups in total. The molecule has 0 radical (unpaired) electrons. The predicted octanol–water partition coefficient (Wildman–Crippen LogP) is 1.58. The maximum absolute atomic E-state index is 13.2. The number of nitrogens with zero attached hydrogens (tertiary/aromatic N) is 1. The largest absolute Gasteiger partial charge is 0.481 e. The highest BCUT2D eigenvalue weighted by Crippen LogP contribution is 2.35. The number of alkyl halides is 3. The highest BCUT2D eigenvalue weighted by molar-refractivity contribution is 7.99. The molecule has 19 heavy (non-hydrogen) atoms. The quantitative estimate of drug-likeness (QED) is 0.652. The van der Waals surface area contributed by atoms with Gasteiger partial charge in [-0.05, 0) is 0 Å². The molecule has 0 unspecified atom stereocenters.